The van der Waals surface area contributed by atoms with Crippen LogP contribution in [0.2, 0.25) is 0 Å². The largest absolute Gasteiger partial charge is 0.272 e. The Balaban J connectivity index is 2.88. The fourth-order valence-corrected chi connectivity index (χ4v) is 1.29. The van der Waals surface area contributed by atoms with Gasteiger partial charge in [0, 0.05) is 18.3 Å². The summed E-state index contributed by atoms with van der Waals surface area (Å²) in [5, 5.41) is 4.10. The molecule has 2 nitrogen and oxygen atoms in total. The summed E-state index contributed by atoms with van der Waals surface area (Å²) in [5.41, 5.74) is 2.62. The van der Waals surface area contributed by atoms with Gasteiger partial charge < -0.3 is 0 Å². The van der Waals surface area contributed by atoms with Gasteiger partial charge in [-0.15, -0.1) is 0 Å². The van der Waals surface area contributed by atoms with Gasteiger partial charge >= 0.3 is 0 Å². The van der Waals surface area contributed by atoms with Crippen molar-refractivity contribution in [3.05, 3.63) is 17.5 Å². The predicted octanol–water partition coefficient (Wildman–Crippen LogP) is 1.74. The van der Waals surface area contributed by atoms with Gasteiger partial charge in [0.1, 0.15) is 6.20 Å². The minimum atomic E-state index is 1.04. The molecule has 0 unspecified atom stereocenters. The molecule has 11 heavy (non-hydrogen) atoms. The number of aromatic nitrogens is 2. The fourth-order valence-electron chi connectivity index (χ4n) is 1.29. The molecule has 0 saturated heterocycles. The summed E-state index contributed by atoms with van der Waals surface area (Å²) in [6, 6.07) is 0. The second-order valence-corrected chi connectivity index (χ2v) is 2.76. The smallest absolute Gasteiger partial charge is 0.116 e. The zero-order valence-corrected chi connectivity index (χ0v) is 7.52. The van der Waals surface area contributed by atoms with Gasteiger partial charge in [-0.2, -0.15) is 5.10 Å². The maximum Gasteiger partial charge on any atom is 0.116 e. The molecule has 1 aromatic heterocycles. The third kappa shape index (κ3) is 1.62. The Hall–Kier alpha value is -0.790. The van der Waals surface area contributed by atoms with E-state index in [1.807, 2.05) is 11.7 Å². The van der Waals surface area contributed by atoms with Crippen LogP contribution < -0.4 is 0 Å². The van der Waals surface area contributed by atoms with Crippen LogP contribution in [0.5, 0.6) is 0 Å². The predicted molar refractivity (Wildman–Crippen MR) is 45.4 cm³/mol. The zero-order chi connectivity index (χ0) is 8.27. The minimum Gasteiger partial charge on any atom is -0.272 e. The number of nitrogens with zero attached hydrogens (tertiary/aromatic N) is 2. The summed E-state index contributed by atoms with van der Waals surface area (Å²) in [7, 11) is 1.99. The van der Waals surface area contributed by atoms with Crippen molar-refractivity contribution in [3.63, 3.8) is 0 Å². The second-order valence-electron chi connectivity index (χ2n) is 2.76. The fraction of sp³-hybridized carbons (Fsp3) is 0.667. The van der Waals surface area contributed by atoms with Crippen molar-refractivity contribution in [2.75, 3.05) is 0 Å². The van der Waals surface area contributed by atoms with E-state index in [-0.39, 0.29) is 0 Å². The van der Waals surface area contributed by atoms with Crippen LogP contribution in [0.25, 0.3) is 0 Å². The van der Waals surface area contributed by atoms with E-state index in [1.165, 1.54) is 17.7 Å². The molecule has 0 fully saturated rings. The van der Waals surface area contributed by atoms with Gasteiger partial charge in [0.05, 0.1) is 0 Å². The van der Waals surface area contributed by atoms with E-state index >= 15 is 0 Å². The Bertz CT molecular complexity index is 225. The molecule has 0 bridgehead atoms. The van der Waals surface area contributed by atoms with Crippen LogP contribution in [0, 0.1) is 6.20 Å². The van der Waals surface area contributed by atoms with Crippen molar-refractivity contribution in [2.45, 2.75) is 33.1 Å². The number of hydrogen-bond donors (Lipinski definition) is 0. The molecule has 1 radical (unpaired) electrons. The van der Waals surface area contributed by atoms with Gasteiger partial charge in [0.25, 0.3) is 0 Å². The molecular weight excluding hydrogens is 136 g/mol. The Morgan fingerprint density at radius 1 is 1.45 bits per heavy atom. The van der Waals surface area contributed by atoms with Crippen LogP contribution in [-0.2, 0) is 19.9 Å². The molecule has 0 aromatic carbocycles. The average Bonchev–Trinajstić information content (AvgIpc) is 2.34. The quantitative estimate of drug-likeness (QED) is 0.643. The van der Waals surface area contributed by atoms with Gasteiger partial charge in [-0.1, -0.05) is 20.3 Å². The van der Waals surface area contributed by atoms with Crippen molar-refractivity contribution in [1.29, 1.82) is 0 Å². The lowest BCUT2D eigenvalue weighted by molar-refractivity contribution is 0.693. The molecule has 1 heterocycles. The van der Waals surface area contributed by atoms with Crippen molar-refractivity contribution in [2.24, 2.45) is 7.05 Å². The van der Waals surface area contributed by atoms with E-state index < -0.39 is 0 Å². The average molecular weight is 151 g/mol. The van der Waals surface area contributed by atoms with Gasteiger partial charge in [-0.3, -0.25) is 4.68 Å². The molecular formula is C9H15N2. The SMILES string of the molecule is CCCc1c(CC)[c]nn1C. The zero-order valence-electron chi connectivity index (χ0n) is 7.52. The van der Waals surface area contributed by atoms with Gasteiger partial charge in [0.15, 0.2) is 0 Å². The molecule has 0 atom stereocenters. The summed E-state index contributed by atoms with van der Waals surface area (Å²) in [6.07, 6.45) is 6.37. The number of hydrogen-bond acceptors (Lipinski definition) is 1. The maximum atomic E-state index is 4.10. The molecule has 0 aliphatic carbocycles. The maximum absolute atomic E-state index is 4.10. The highest BCUT2D eigenvalue weighted by molar-refractivity contribution is 5.16. The van der Waals surface area contributed by atoms with Crippen LogP contribution in [0.1, 0.15) is 31.5 Å². The van der Waals surface area contributed by atoms with Crippen molar-refractivity contribution >= 4 is 0 Å². The number of aryl methyl sites for hydroxylation is 2. The lowest BCUT2D eigenvalue weighted by Crippen LogP contribution is -1.99. The highest BCUT2D eigenvalue weighted by atomic mass is 15.3. The molecule has 0 spiro atoms. The molecule has 0 saturated carbocycles. The van der Waals surface area contributed by atoms with Gasteiger partial charge in [0.2, 0.25) is 0 Å². The summed E-state index contributed by atoms with van der Waals surface area (Å²) in [6.45, 7) is 4.33. The van der Waals surface area contributed by atoms with E-state index in [1.54, 1.807) is 0 Å². The summed E-state index contributed by atoms with van der Waals surface area (Å²) in [5.74, 6) is 0. The Morgan fingerprint density at radius 2 is 2.18 bits per heavy atom. The first-order valence-corrected chi connectivity index (χ1v) is 4.22. The van der Waals surface area contributed by atoms with E-state index in [0.29, 0.717) is 0 Å². The summed E-state index contributed by atoms with van der Waals surface area (Å²) in [4.78, 5) is 0. The van der Waals surface area contributed by atoms with Crippen LogP contribution in [0.4, 0.5) is 0 Å². The molecule has 1 aromatic rings. The van der Waals surface area contributed by atoms with E-state index in [4.69, 9.17) is 0 Å². The van der Waals surface area contributed by atoms with Gasteiger partial charge in [-0.25, -0.2) is 0 Å². The van der Waals surface area contributed by atoms with Crippen LogP contribution in [-0.4, -0.2) is 9.78 Å². The highest BCUT2D eigenvalue weighted by Gasteiger charge is 2.04. The first-order chi connectivity index (χ1) is 5.29. The minimum absolute atomic E-state index is 1.04. The molecule has 61 valence electrons. The molecule has 1 rings (SSSR count). The summed E-state index contributed by atoms with van der Waals surface area (Å²) < 4.78 is 1.93. The second kappa shape index (κ2) is 3.56. The van der Waals surface area contributed by atoms with Crippen LogP contribution in [0.3, 0.4) is 0 Å². The van der Waals surface area contributed by atoms with Crippen molar-refractivity contribution in [3.8, 4) is 0 Å². The van der Waals surface area contributed by atoms with Crippen LogP contribution >= 0.6 is 0 Å². The highest BCUT2D eigenvalue weighted by Crippen LogP contribution is 2.09. The first-order valence-electron chi connectivity index (χ1n) is 4.22. The van der Waals surface area contributed by atoms with E-state index in [0.717, 1.165) is 12.8 Å². The number of rotatable bonds is 3. The monoisotopic (exact) mass is 151 g/mol. The molecule has 0 amide bonds. The third-order valence-corrected chi connectivity index (χ3v) is 1.91. The lowest BCUT2D eigenvalue weighted by Gasteiger charge is -2.01. The van der Waals surface area contributed by atoms with E-state index in [2.05, 4.69) is 25.1 Å². The molecule has 0 aliphatic heterocycles. The standard InChI is InChI=1S/C9H15N2/c1-4-6-9-8(5-2)7-10-11(9)3/h4-6H2,1-3H3. The van der Waals surface area contributed by atoms with Crippen molar-refractivity contribution < 1.29 is 0 Å². The topological polar surface area (TPSA) is 17.8 Å². The van der Waals surface area contributed by atoms with Crippen LogP contribution in [0.15, 0.2) is 0 Å². The lowest BCUT2D eigenvalue weighted by atomic mass is 10.1. The normalized spacial score (nSPS) is 10.5. The Labute approximate surface area is 68.2 Å². The summed E-state index contributed by atoms with van der Waals surface area (Å²) >= 11 is 0. The Morgan fingerprint density at radius 3 is 2.73 bits per heavy atom. The molecule has 0 N–H and O–H groups in total. The van der Waals surface area contributed by atoms with Crippen molar-refractivity contribution in [1.82, 2.24) is 9.78 Å². The third-order valence-electron chi connectivity index (χ3n) is 1.91. The van der Waals surface area contributed by atoms with E-state index in [9.17, 15) is 0 Å². The molecule has 2 heteroatoms. The molecule has 0 aliphatic rings. The van der Waals surface area contributed by atoms with Gasteiger partial charge in [-0.05, 0) is 12.8 Å². The first kappa shape index (κ1) is 8.31. The Kier molecular flexibility index (Phi) is 2.69.